The Morgan fingerprint density at radius 3 is 2.76 bits per heavy atom. The van der Waals surface area contributed by atoms with Gasteiger partial charge in [-0.25, -0.2) is 4.79 Å². The van der Waals surface area contributed by atoms with Crippen LogP contribution >= 0.6 is 0 Å². The first kappa shape index (κ1) is 12.6. The summed E-state index contributed by atoms with van der Waals surface area (Å²) in [4.78, 5) is 13.5. The number of hydrogen-bond acceptors (Lipinski definition) is 4. The van der Waals surface area contributed by atoms with Crippen LogP contribution in [0, 0.1) is 0 Å². The molecule has 2 amide bonds. The van der Waals surface area contributed by atoms with Crippen LogP contribution in [0.5, 0.6) is 0 Å². The van der Waals surface area contributed by atoms with E-state index in [4.69, 9.17) is 9.47 Å². The smallest absolute Gasteiger partial charge is 0.317 e. The lowest BCUT2D eigenvalue weighted by molar-refractivity contribution is -0.0256. The highest BCUT2D eigenvalue weighted by Crippen LogP contribution is 2.24. The molecule has 0 bridgehead atoms. The van der Waals surface area contributed by atoms with Crippen molar-refractivity contribution in [2.24, 2.45) is 0 Å². The Balaban J connectivity index is 1.79. The summed E-state index contributed by atoms with van der Waals surface area (Å²) in [6, 6.07) is -0.138. The van der Waals surface area contributed by atoms with Crippen LogP contribution in [0.25, 0.3) is 0 Å². The molecule has 2 N–H and O–H groups in total. The Labute approximate surface area is 101 Å². The summed E-state index contributed by atoms with van der Waals surface area (Å²) in [6.07, 6.45) is 0.338. The SMILES string of the molecule is CC1OCCC1(O)CNC(=O)N1CCOCC1. The molecule has 0 aromatic carbocycles. The van der Waals surface area contributed by atoms with Crippen LogP contribution in [0.2, 0.25) is 0 Å². The molecular formula is C11H20N2O4. The summed E-state index contributed by atoms with van der Waals surface area (Å²) < 4.78 is 10.5. The van der Waals surface area contributed by atoms with E-state index in [-0.39, 0.29) is 18.7 Å². The van der Waals surface area contributed by atoms with Gasteiger partial charge in [-0.1, -0.05) is 0 Å². The number of morpholine rings is 1. The maximum atomic E-state index is 11.8. The number of carbonyl (C=O) groups is 1. The average Bonchev–Trinajstić information content (AvgIpc) is 2.68. The van der Waals surface area contributed by atoms with E-state index in [1.165, 1.54) is 0 Å². The van der Waals surface area contributed by atoms with Crippen molar-refractivity contribution in [2.75, 3.05) is 39.5 Å². The summed E-state index contributed by atoms with van der Waals surface area (Å²) in [6.45, 7) is 4.99. The maximum Gasteiger partial charge on any atom is 0.317 e. The summed E-state index contributed by atoms with van der Waals surface area (Å²) in [5.41, 5.74) is -0.929. The molecule has 17 heavy (non-hydrogen) atoms. The van der Waals surface area contributed by atoms with Gasteiger partial charge < -0.3 is 24.8 Å². The Morgan fingerprint density at radius 2 is 2.18 bits per heavy atom. The van der Waals surface area contributed by atoms with Gasteiger partial charge in [-0.2, -0.15) is 0 Å². The minimum absolute atomic E-state index is 0.138. The first-order chi connectivity index (χ1) is 8.12. The summed E-state index contributed by atoms with van der Waals surface area (Å²) in [5.74, 6) is 0. The van der Waals surface area contributed by atoms with Gasteiger partial charge >= 0.3 is 6.03 Å². The third kappa shape index (κ3) is 2.88. The van der Waals surface area contributed by atoms with Gasteiger partial charge in [0.25, 0.3) is 0 Å². The van der Waals surface area contributed by atoms with Gasteiger partial charge in [0.2, 0.25) is 0 Å². The fourth-order valence-corrected chi connectivity index (χ4v) is 2.11. The van der Waals surface area contributed by atoms with Crippen LogP contribution in [0.15, 0.2) is 0 Å². The molecule has 2 saturated heterocycles. The van der Waals surface area contributed by atoms with Crippen LogP contribution in [0.4, 0.5) is 4.79 Å². The lowest BCUT2D eigenvalue weighted by Crippen LogP contribution is -2.52. The van der Waals surface area contributed by atoms with E-state index in [1.807, 2.05) is 6.92 Å². The van der Waals surface area contributed by atoms with E-state index in [0.717, 1.165) is 0 Å². The summed E-state index contributed by atoms with van der Waals surface area (Å²) in [7, 11) is 0. The molecule has 2 aliphatic rings. The van der Waals surface area contributed by atoms with Crippen molar-refractivity contribution < 1.29 is 19.4 Å². The number of hydrogen-bond donors (Lipinski definition) is 2. The highest BCUT2D eigenvalue weighted by Gasteiger charge is 2.39. The molecule has 6 nitrogen and oxygen atoms in total. The largest absolute Gasteiger partial charge is 0.385 e. The molecule has 0 aliphatic carbocycles. The van der Waals surface area contributed by atoms with Crippen molar-refractivity contribution in [2.45, 2.75) is 25.0 Å². The third-order valence-electron chi connectivity index (χ3n) is 3.50. The molecule has 2 fully saturated rings. The molecule has 98 valence electrons. The van der Waals surface area contributed by atoms with Crippen LogP contribution < -0.4 is 5.32 Å². The van der Waals surface area contributed by atoms with Gasteiger partial charge in [-0.15, -0.1) is 0 Å². The van der Waals surface area contributed by atoms with E-state index in [1.54, 1.807) is 4.90 Å². The topological polar surface area (TPSA) is 71.0 Å². The molecule has 2 atom stereocenters. The molecule has 0 aromatic rings. The van der Waals surface area contributed by atoms with Crippen molar-refractivity contribution in [3.05, 3.63) is 0 Å². The van der Waals surface area contributed by atoms with Crippen LogP contribution in [-0.2, 0) is 9.47 Å². The lowest BCUT2D eigenvalue weighted by atomic mass is 9.97. The lowest BCUT2D eigenvalue weighted by Gasteiger charge is -2.30. The molecular weight excluding hydrogens is 224 g/mol. The highest BCUT2D eigenvalue weighted by molar-refractivity contribution is 5.74. The summed E-state index contributed by atoms with van der Waals surface area (Å²) >= 11 is 0. The third-order valence-corrected chi connectivity index (χ3v) is 3.50. The Morgan fingerprint density at radius 1 is 1.47 bits per heavy atom. The fourth-order valence-electron chi connectivity index (χ4n) is 2.11. The first-order valence-corrected chi connectivity index (χ1v) is 6.06. The molecule has 2 heterocycles. The minimum Gasteiger partial charge on any atom is -0.385 e. The fraction of sp³-hybridized carbons (Fsp3) is 0.909. The van der Waals surface area contributed by atoms with E-state index in [2.05, 4.69) is 5.32 Å². The van der Waals surface area contributed by atoms with Crippen molar-refractivity contribution in [1.82, 2.24) is 10.2 Å². The van der Waals surface area contributed by atoms with E-state index in [0.29, 0.717) is 39.3 Å². The Kier molecular flexibility index (Phi) is 3.86. The standard InChI is InChI=1S/C11H20N2O4/c1-9-11(15,2-5-17-9)8-12-10(14)13-3-6-16-7-4-13/h9,15H,2-8H2,1H3,(H,12,14). The molecule has 2 aliphatic heterocycles. The van der Waals surface area contributed by atoms with Crippen molar-refractivity contribution in [3.8, 4) is 0 Å². The van der Waals surface area contributed by atoms with Crippen molar-refractivity contribution in [3.63, 3.8) is 0 Å². The molecule has 0 saturated carbocycles. The van der Waals surface area contributed by atoms with Crippen LogP contribution in [0.3, 0.4) is 0 Å². The Bertz CT molecular complexity index is 281. The van der Waals surface area contributed by atoms with Gasteiger partial charge in [0.05, 0.1) is 25.9 Å². The Hall–Kier alpha value is -0.850. The molecule has 2 rings (SSSR count). The number of nitrogens with one attached hydrogen (secondary N) is 1. The number of nitrogens with zero attached hydrogens (tertiary/aromatic N) is 1. The quantitative estimate of drug-likeness (QED) is 0.691. The van der Waals surface area contributed by atoms with Crippen LogP contribution in [0.1, 0.15) is 13.3 Å². The first-order valence-electron chi connectivity index (χ1n) is 6.06. The van der Waals surface area contributed by atoms with Crippen molar-refractivity contribution >= 4 is 6.03 Å². The molecule has 2 unspecified atom stereocenters. The second-order valence-corrected chi connectivity index (χ2v) is 4.62. The average molecular weight is 244 g/mol. The number of aliphatic hydroxyl groups is 1. The zero-order valence-electron chi connectivity index (χ0n) is 10.1. The maximum absolute atomic E-state index is 11.8. The van der Waals surface area contributed by atoms with E-state index < -0.39 is 5.60 Å². The molecule has 0 radical (unpaired) electrons. The number of ether oxygens (including phenoxy) is 2. The van der Waals surface area contributed by atoms with Gasteiger partial charge in [0.15, 0.2) is 0 Å². The zero-order valence-corrected chi connectivity index (χ0v) is 10.1. The van der Waals surface area contributed by atoms with Crippen LogP contribution in [-0.4, -0.2) is 67.2 Å². The van der Waals surface area contributed by atoms with Crippen molar-refractivity contribution in [1.29, 1.82) is 0 Å². The highest BCUT2D eigenvalue weighted by atomic mass is 16.5. The second kappa shape index (κ2) is 5.20. The molecule has 0 spiro atoms. The minimum atomic E-state index is -0.929. The monoisotopic (exact) mass is 244 g/mol. The van der Waals surface area contributed by atoms with E-state index in [9.17, 15) is 9.90 Å². The van der Waals surface area contributed by atoms with Gasteiger partial charge in [0.1, 0.15) is 5.60 Å². The summed E-state index contributed by atoms with van der Waals surface area (Å²) in [5, 5.41) is 13.0. The predicted octanol–water partition coefficient (Wildman–Crippen LogP) is -0.432. The number of amides is 2. The zero-order chi connectivity index (χ0) is 12.3. The normalized spacial score (nSPS) is 33.8. The van der Waals surface area contributed by atoms with Gasteiger partial charge in [-0.05, 0) is 6.92 Å². The molecule has 6 heteroatoms. The predicted molar refractivity (Wildman–Crippen MR) is 60.8 cm³/mol. The number of carbonyl (C=O) groups excluding carboxylic acids is 1. The molecule has 0 aromatic heterocycles. The van der Waals surface area contributed by atoms with Gasteiger partial charge in [0, 0.05) is 26.1 Å². The van der Waals surface area contributed by atoms with Gasteiger partial charge in [-0.3, -0.25) is 0 Å². The second-order valence-electron chi connectivity index (χ2n) is 4.62. The number of urea groups is 1. The number of rotatable bonds is 2. The van der Waals surface area contributed by atoms with E-state index >= 15 is 0 Å².